The van der Waals surface area contributed by atoms with E-state index in [2.05, 4.69) is 38.4 Å². The van der Waals surface area contributed by atoms with Gasteiger partial charge in [-0.1, -0.05) is 0 Å². The summed E-state index contributed by atoms with van der Waals surface area (Å²) in [6.45, 7) is 0.195. The Morgan fingerprint density at radius 3 is 2.41 bits per heavy atom. The highest BCUT2D eigenvalue weighted by atomic mass is 127. The molecule has 0 saturated carbocycles. The summed E-state index contributed by atoms with van der Waals surface area (Å²) in [7, 11) is 4.68. The van der Waals surface area contributed by atoms with Crippen molar-refractivity contribution >= 4 is 40.6 Å². The fraction of sp³-hybridized carbons (Fsp3) is 0.250. The third-order valence-electron chi connectivity index (χ3n) is 3.85. The van der Waals surface area contributed by atoms with Crippen molar-refractivity contribution in [1.82, 2.24) is 10.7 Å². The number of hydrazone groups is 1. The summed E-state index contributed by atoms with van der Waals surface area (Å²) in [4.78, 5) is 23.9. The second kappa shape index (κ2) is 11.2. The van der Waals surface area contributed by atoms with Crippen molar-refractivity contribution in [3.63, 3.8) is 0 Å². The summed E-state index contributed by atoms with van der Waals surface area (Å²) in [6.07, 6.45) is 1.61. The molecule has 9 heteroatoms. The molecule has 29 heavy (non-hydrogen) atoms. The van der Waals surface area contributed by atoms with Crippen LogP contribution in [0.4, 0.5) is 0 Å². The maximum Gasteiger partial charge on any atom is 0.251 e. The molecule has 0 fully saturated rings. The predicted molar refractivity (Wildman–Crippen MR) is 118 cm³/mol. The van der Waals surface area contributed by atoms with Gasteiger partial charge in [0, 0.05) is 18.5 Å². The van der Waals surface area contributed by atoms with Crippen LogP contribution in [0.15, 0.2) is 41.5 Å². The van der Waals surface area contributed by atoms with Gasteiger partial charge in [0.05, 0.1) is 31.1 Å². The molecule has 154 valence electrons. The molecular formula is C20H22IN3O5. The van der Waals surface area contributed by atoms with Crippen LogP contribution in [0, 0.1) is 3.57 Å². The highest BCUT2D eigenvalue weighted by molar-refractivity contribution is 14.1. The van der Waals surface area contributed by atoms with Gasteiger partial charge in [-0.3, -0.25) is 9.59 Å². The van der Waals surface area contributed by atoms with E-state index in [-0.39, 0.29) is 24.8 Å². The first-order valence-electron chi connectivity index (χ1n) is 8.64. The number of carbonyl (C=O) groups excluding carboxylic acids is 2. The second-order valence-electron chi connectivity index (χ2n) is 5.77. The van der Waals surface area contributed by atoms with Gasteiger partial charge in [0.1, 0.15) is 5.75 Å². The van der Waals surface area contributed by atoms with E-state index < -0.39 is 0 Å². The largest absolute Gasteiger partial charge is 0.497 e. The Kier molecular flexibility index (Phi) is 8.71. The van der Waals surface area contributed by atoms with Crippen LogP contribution in [-0.2, 0) is 4.79 Å². The van der Waals surface area contributed by atoms with Crippen molar-refractivity contribution in [2.24, 2.45) is 5.10 Å². The lowest BCUT2D eigenvalue weighted by molar-refractivity contribution is -0.120. The maximum absolute atomic E-state index is 12.0. The maximum atomic E-state index is 12.0. The summed E-state index contributed by atoms with van der Waals surface area (Å²) >= 11 is 2.13. The SMILES string of the molecule is COc1ccc(C(=O)NCCC(=O)NN=Cc2cc(I)c(OC)c(OC)c2)cc1. The molecule has 0 unspecified atom stereocenters. The zero-order chi connectivity index (χ0) is 21.2. The number of hydrogen-bond acceptors (Lipinski definition) is 6. The van der Waals surface area contributed by atoms with Crippen LogP contribution < -0.4 is 25.0 Å². The Hall–Kier alpha value is -2.82. The van der Waals surface area contributed by atoms with E-state index in [9.17, 15) is 9.59 Å². The zero-order valence-electron chi connectivity index (χ0n) is 16.3. The lowest BCUT2D eigenvalue weighted by Gasteiger charge is -2.10. The van der Waals surface area contributed by atoms with Crippen LogP contribution in [-0.4, -0.2) is 45.9 Å². The molecule has 2 amide bonds. The van der Waals surface area contributed by atoms with E-state index in [1.54, 1.807) is 51.7 Å². The smallest absolute Gasteiger partial charge is 0.251 e. The molecule has 2 rings (SSSR count). The van der Waals surface area contributed by atoms with E-state index in [0.717, 1.165) is 9.13 Å². The average molecular weight is 511 g/mol. The fourth-order valence-electron chi connectivity index (χ4n) is 2.38. The molecule has 2 aromatic carbocycles. The number of nitrogens with one attached hydrogen (secondary N) is 2. The standard InChI is InChI=1S/C20H22IN3O5/c1-27-15-6-4-14(5-7-15)20(26)22-9-8-18(25)24-23-12-13-10-16(21)19(29-3)17(11-13)28-2/h4-7,10-12H,8-9H2,1-3H3,(H,22,26)(H,24,25). The first-order valence-corrected chi connectivity index (χ1v) is 9.72. The molecule has 0 bridgehead atoms. The molecule has 8 nitrogen and oxygen atoms in total. The van der Waals surface area contributed by atoms with Crippen molar-refractivity contribution in [1.29, 1.82) is 0 Å². The number of rotatable bonds is 9. The number of benzene rings is 2. The van der Waals surface area contributed by atoms with E-state index in [1.165, 1.54) is 6.21 Å². The first kappa shape index (κ1) is 22.5. The number of halogens is 1. The first-order chi connectivity index (χ1) is 14.0. The minimum absolute atomic E-state index is 0.0999. The summed E-state index contributed by atoms with van der Waals surface area (Å²) in [6, 6.07) is 10.3. The number of carbonyl (C=O) groups is 2. The number of hydrogen-bond donors (Lipinski definition) is 2. The minimum atomic E-state index is -0.313. The van der Waals surface area contributed by atoms with Gasteiger partial charge >= 0.3 is 0 Å². The van der Waals surface area contributed by atoms with Crippen molar-refractivity contribution < 1.29 is 23.8 Å². The zero-order valence-corrected chi connectivity index (χ0v) is 18.5. The molecule has 2 aromatic rings. The quantitative estimate of drug-likeness (QED) is 0.307. The Balaban J connectivity index is 1.80. The summed E-state index contributed by atoms with van der Waals surface area (Å²) in [5.74, 6) is 1.31. The van der Waals surface area contributed by atoms with E-state index in [0.29, 0.717) is 22.8 Å². The Morgan fingerprint density at radius 1 is 1.07 bits per heavy atom. The number of amides is 2. The lowest BCUT2D eigenvalue weighted by Crippen LogP contribution is -2.29. The molecule has 0 atom stereocenters. The highest BCUT2D eigenvalue weighted by Crippen LogP contribution is 2.32. The van der Waals surface area contributed by atoms with Gasteiger partial charge in [-0.25, -0.2) is 5.43 Å². The average Bonchev–Trinajstić information content (AvgIpc) is 2.73. The molecule has 0 spiro atoms. The van der Waals surface area contributed by atoms with Crippen LogP contribution in [0.25, 0.3) is 0 Å². The van der Waals surface area contributed by atoms with Crippen molar-refractivity contribution in [3.8, 4) is 17.2 Å². The predicted octanol–water partition coefficient (Wildman–Crippen LogP) is 2.59. The number of nitrogens with zero attached hydrogens (tertiary/aromatic N) is 1. The summed E-state index contributed by atoms with van der Waals surface area (Å²) < 4.78 is 16.5. The molecule has 0 radical (unpaired) electrons. The number of ether oxygens (including phenoxy) is 3. The van der Waals surface area contributed by atoms with Crippen molar-refractivity contribution in [2.75, 3.05) is 27.9 Å². The van der Waals surface area contributed by atoms with Gasteiger partial charge in [0.2, 0.25) is 5.91 Å². The van der Waals surface area contributed by atoms with Crippen molar-refractivity contribution in [2.45, 2.75) is 6.42 Å². The van der Waals surface area contributed by atoms with Crippen molar-refractivity contribution in [3.05, 3.63) is 51.1 Å². The monoisotopic (exact) mass is 511 g/mol. The fourth-order valence-corrected chi connectivity index (χ4v) is 3.23. The molecule has 2 N–H and O–H groups in total. The van der Waals surface area contributed by atoms with Gasteiger partial charge in [-0.05, 0) is 64.6 Å². The Bertz CT molecular complexity index is 884. The van der Waals surface area contributed by atoms with Crippen LogP contribution >= 0.6 is 22.6 Å². The van der Waals surface area contributed by atoms with Crippen LogP contribution in [0.3, 0.4) is 0 Å². The Morgan fingerprint density at radius 2 is 1.79 bits per heavy atom. The van der Waals surface area contributed by atoms with Gasteiger partial charge in [-0.15, -0.1) is 0 Å². The van der Waals surface area contributed by atoms with Crippen LogP contribution in [0.1, 0.15) is 22.3 Å². The topological polar surface area (TPSA) is 98.2 Å². The van der Waals surface area contributed by atoms with E-state index in [1.807, 2.05) is 6.07 Å². The molecule has 0 aliphatic heterocycles. The Labute approximate surface area is 182 Å². The van der Waals surface area contributed by atoms with Gasteiger partial charge in [-0.2, -0.15) is 5.10 Å². The third kappa shape index (κ3) is 6.63. The minimum Gasteiger partial charge on any atom is -0.497 e. The molecule has 0 aliphatic rings. The molecule has 0 aromatic heterocycles. The van der Waals surface area contributed by atoms with E-state index in [4.69, 9.17) is 14.2 Å². The molecule has 0 saturated heterocycles. The third-order valence-corrected chi connectivity index (χ3v) is 4.65. The highest BCUT2D eigenvalue weighted by Gasteiger charge is 2.10. The normalized spacial score (nSPS) is 10.5. The van der Waals surface area contributed by atoms with Gasteiger partial charge in [0.25, 0.3) is 5.91 Å². The van der Waals surface area contributed by atoms with Crippen LogP contribution in [0.2, 0.25) is 0 Å². The summed E-state index contributed by atoms with van der Waals surface area (Å²) in [5.41, 5.74) is 3.68. The van der Waals surface area contributed by atoms with Crippen LogP contribution in [0.5, 0.6) is 17.2 Å². The number of methoxy groups -OCH3 is 3. The van der Waals surface area contributed by atoms with Gasteiger partial charge in [0.15, 0.2) is 11.5 Å². The van der Waals surface area contributed by atoms with Gasteiger partial charge < -0.3 is 19.5 Å². The molecular weight excluding hydrogens is 489 g/mol. The molecule has 0 aliphatic carbocycles. The second-order valence-corrected chi connectivity index (χ2v) is 6.93. The lowest BCUT2D eigenvalue weighted by atomic mass is 10.2. The van der Waals surface area contributed by atoms with E-state index >= 15 is 0 Å². The summed E-state index contributed by atoms with van der Waals surface area (Å²) in [5, 5.41) is 6.62. The molecule has 0 heterocycles.